The normalized spacial score (nSPS) is 10.9. The van der Waals surface area contributed by atoms with Gasteiger partial charge in [0.05, 0.1) is 16.4 Å². The van der Waals surface area contributed by atoms with Gasteiger partial charge in [0.15, 0.2) is 0 Å². The molecule has 102 valence electrons. The minimum Gasteiger partial charge on any atom is -0.370 e. The van der Waals surface area contributed by atoms with Gasteiger partial charge >= 0.3 is 0 Å². The van der Waals surface area contributed by atoms with Gasteiger partial charge in [-0.05, 0) is 33.0 Å². The van der Waals surface area contributed by atoms with Crippen LogP contribution in [0, 0.1) is 6.92 Å². The van der Waals surface area contributed by atoms with E-state index in [4.69, 9.17) is 0 Å². The first-order valence-electron chi connectivity index (χ1n) is 6.46. The highest BCUT2D eigenvalue weighted by atomic mass is 32.1. The Bertz CT molecular complexity index is 524. The molecule has 0 atom stereocenters. The zero-order valence-electron chi connectivity index (χ0n) is 11.7. The highest BCUT2D eigenvalue weighted by Gasteiger charge is 2.06. The molecule has 0 amide bonds. The molecular weight excluding hydrogens is 256 g/mol. The molecule has 2 aromatic rings. The summed E-state index contributed by atoms with van der Waals surface area (Å²) >= 11 is 1.70. The van der Waals surface area contributed by atoms with Crippen LogP contribution in [0.5, 0.6) is 0 Å². The number of hydrogen-bond acceptors (Lipinski definition) is 5. The van der Waals surface area contributed by atoms with E-state index < -0.39 is 0 Å². The average Bonchev–Trinajstić information content (AvgIpc) is 2.75. The highest BCUT2D eigenvalue weighted by Crippen LogP contribution is 2.12. The Morgan fingerprint density at radius 1 is 1.21 bits per heavy atom. The number of rotatable bonds is 6. The maximum atomic E-state index is 4.58. The van der Waals surface area contributed by atoms with Crippen molar-refractivity contribution in [1.29, 1.82) is 0 Å². The molecule has 0 bridgehead atoms. The fourth-order valence-electron chi connectivity index (χ4n) is 1.94. The quantitative estimate of drug-likeness (QED) is 0.881. The Labute approximate surface area is 118 Å². The van der Waals surface area contributed by atoms with Gasteiger partial charge in [-0.1, -0.05) is 6.07 Å². The van der Waals surface area contributed by atoms with Gasteiger partial charge in [-0.2, -0.15) is 0 Å². The molecule has 2 aromatic heterocycles. The smallest absolute Gasteiger partial charge is 0.126 e. The summed E-state index contributed by atoms with van der Waals surface area (Å²) in [6.45, 7) is 6.69. The molecule has 2 rings (SSSR count). The second kappa shape index (κ2) is 6.63. The highest BCUT2D eigenvalue weighted by molar-refractivity contribution is 7.09. The summed E-state index contributed by atoms with van der Waals surface area (Å²) in [5, 5.41) is 6.47. The minimum absolute atomic E-state index is 0.829. The number of hydrogen-bond donors (Lipinski definition) is 1. The third-order valence-corrected chi connectivity index (χ3v) is 3.52. The molecule has 1 N–H and O–H groups in total. The Morgan fingerprint density at radius 3 is 2.68 bits per heavy atom. The second-order valence-corrected chi connectivity index (χ2v) is 5.64. The van der Waals surface area contributed by atoms with E-state index >= 15 is 0 Å². The first kappa shape index (κ1) is 14.0. The van der Waals surface area contributed by atoms with Crippen molar-refractivity contribution in [1.82, 2.24) is 14.9 Å². The van der Waals surface area contributed by atoms with E-state index in [2.05, 4.69) is 45.6 Å². The van der Waals surface area contributed by atoms with E-state index in [0.29, 0.717) is 0 Å². The van der Waals surface area contributed by atoms with Crippen LogP contribution in [-0.2, 0) is 13.1 Å². The summed E-state index contributed by atoms with van der Waals surface area (Å²) in [6.07, 6.45) is 0. The molecule has 0 spiro atoms. The van der Waals surface area contributed by atoms with Gasteiger partial charge in [0.1, 0.15) is 5.82 Å². The lowest BCUT2D eigenvalue weighted by Crippen LogP contribution is -2.18. The van der Waals surface area contributed by atoms with E-state index in [-0.39, 0.29) is 0 Å². The first-order valence-corrected chi connectivity index (χ1v) is 7.34. The molecule has 0 aliphatic heterocycles. The Hall–Kier alpha value is -1.46. The van der Waals surface area contributed by atoms with E-state index in [0.717, 1.165) is 41.8 Å². The number of nitrogens with zero attached hydrogens (tertiary/aromatic N) is 3. The van der Waals surface area contributed by atoms with Gasteiger partial charge in [-0.25, -0.2) is 9.97 Å². The molecule has 2 heterocycles. The maximum Gasteiger partial charge on any atom is 0.126 e. The monoisotopic (exact) mass is 276 g/mol. The molecule has 0 saturated carbocycles. The molecule has 0 saturated heterocycles. The van der Waals surface area contributed by atoms with Crippen LogP contribution in [-0.4, -0.2) is 28.5 Å². The van der Waals surface area contributed by atoms with E-state index in [1.807, 2.05) is 19.1 Å². The molecule has 4 nitrogen and oxygen atoms in total. The fraction of sp³-hybridized carbons (Fsp3) is 0.429. The lowest BCUT2D eigenvalue weighted by molar-refractivity contribution is 0.312. The number of aromatic nitrogens is 2. The zero-order chi connectivity index (χ0) is 13.7. The summed E-state index contributed by atoms with van der Waals surface area (Å²) in [6, 6.07) is 6.10. The standard InChI is InChI=1S/C14H20N4S/c1-4-15-14-7-5-6-12(17-14)8-18(3)9-13-10-19-11(2)16-13/h5-7,10H,4,8-9H2,1-3H3,(H,15,17). The van der Waals surface area contributed by atoms with Crippen molar-refractivity contribution in [3.05, 3.63) is 40.0 Å². The van der Waals surface area contributed by atoms with Crippen LogP contribution < -0.4 is 5.32 Å². The molecule has 0 aromatic carbocycles. The molecule has 0 aliphatic rings. The van der Waals surface area contributed by atoms with E-state index in [1.165, 1.54) is 0 Å². The van der Waals surface area contributed by atoms with Crippen molar-refractivity contribution in [3.8, 4) is 0 Å². The fourth-order valence-corrected chi connectivity index (χ4v) is 2.54. The summed E-state index contributed by atoms with van der Waals surface area (Å²) in [5.41, 5.74) is 2.21. The zero-order valence-corrected chi connectivity index (χ0v) is 12.5. The van der Waals surface area contributed by atoms with Crippen molar-refractivity contribution < 1.29 is 0 Å². The second-order valence-electron chi connectivity index (χ2n) is 4.57. The SMILES string of the molecule is CCNc1cccc(CN(C)Cc2csc(C)n2)n1. The summed E-state index contributed by atoms with van der Waals surface area (Å²) < 4.78 is 0. The molecule has 0 fully saturated rings. The van der Waals surface area contributed by atoms with Crippen LogP contribution in [0.4, 0.5) is 5.82 Å². The van der Waals surface area contributed by atoms with Crippen LogP contribution in [0.1, 0.15) is 23.3 Å². The third-order valence-electron chi connectivity index (χ3n) is 2.70. The first-order chi connectivity index (χ1) is 9.17. The van der Waals surface area contributed by atoms with Crippen molar-refractivity contribution in [2.45, 2.75) is 26.9 Å². The van der Waals surface area contributed by atoms with Crippen LogP contribution in [0.2, 0.25) is 0 Å². The largest absolute Gasteiger partial charge is 0.370 e. The number of nitrogens with one attached hydrogen (secondary N) is 1. The summed E-state index contributed by atoms with van der Waals surface area (Å²) in [4.78, 5) is 11.3. The maximum absolute atomic E-state index is 4.58. The lowest BCUT2D eigenvalue weighted by Gasteiger charge is -2.15. The Morgan fingerprint density at radius 2 is 2.00 bits per heavy atom. The van der Waals surface area contributed by atoms with Gasteiger partial charge in [0.25, 0.3) is 0 Å². The van der Waals surface area contributed by atoms with Gasteiger partial charge in [-0.3, -0.25) is 4.90 Å². The van der Waals surface area contributed by atoms with E-state index in [9.17, 15) is 0 Å². The summed E-state index contributed by atoms with van der Waals surface area (Å²) in [7, 11) is 2.09. The summed E-state index contributed by atoms with van der Waals surface area (Å²) in [5.74, 6) is 0.943. The van der Waals surface area contributed by atoms with Crippen molar-refractivity contribution in [2.75, 3.05) is 18.9 Å². The number of aryl methyl sites for hydroxylation is 1. The van der Waals surface area contributed by atoms with Gasteiger partial charge in [0, 0.05) is 25.0 Å². The van der Waals surface area contributed by atoms with Crippen LogP contribution in [0.25, 0.3) is 0 Å². The predicted octanol–water partition coefficient (Wildman–Crippen LogP) is 2.91. The van der Waals surface area contributed by atoms with Gasteiger partial charge < -0.3 is 5.32 Å². The number of anilines is 1. The lowest BCUT2D eigenvalue weighted by atomic mass is 10.3. The van der Waals surface area contributed by atoms with Gasteiger partial charge in [0.2, 0.25) is 0 Å². The molecule has 5 heteroatoms. The van der Waals surface area contributed by atoms with Crippen molar-refractivity contribution >= 4 is 17.2 Å². The molecular formula is C14H20N4S. The van der Waals surface area contributed by atoms with Crippen molar-refractivity contribution in [3.63, 3.8) is 0 Å². The van der Waals surface area contributed by atoms with Crippen LogP contribution in [0.15, 0.2) is 23.6 Å². The Balaban J connectivity index is 1.94. The minimum atomic E-state index is 0.829. The predicted molar refractivity (Wildman–Crippen MR) is 80.4 cm³/mol. The van der Waals surface area contributed by atoms with Gasteiger partial charge in [-0.15, -0.1) is 11.3 Å². The average molecular weight is 276 g/mol. The number of thiazole rings is 1. The number of pyridine rings is 1. The third kappa shape index (κ3) is 4.29. The van der Waals surface area contributed by atoms with Crippen molar-refractivity contribution in [2.24, 2.45) is 0 Å². The molecule has 0 unspecified atom stereocenters. The molecule has 0 aliphatic carbocycles. The van der Waals surface area contributed by atoms with E-state index in [1.54, 1.807) is 11.3 Å². The topological polar surface area (TPSA) is 41.0 Å². The van der Waals surface area contributed by atoms with Crippen LogP contribution >= 0.6 is 11.3 Å². The Kier molecular flexibility index (Phi) is 4.87. The molecule has 19 heavy (non-hydrogen) atoms. The van der Waals surface area contributed by atoms with Crippen LogP contribution in [0.3, 0.4) is 0 Å². The molecule has 0 radical (unpaired) electrons.